The fourth-order valence-corrected chi connectivity index (χ4v) is 4.18. The molecule has 2 aromatic carbocycles. The van der Waals surface area contributed by atoms with Gasteiger partial charge in [0, 0.05) is 17.6 Å². The second kappa shape index (κ2) is 9.24. The van der Waals surface area contributed by atoms with Crippen molar-refractivity contribution in [3.05, 3.63) is 57.0 Å². The van der Waals surface area contributed by atoms with Crippen LogP contribution in [0.15, 0.2) is 40.9 Å². The summed E-state index contributed by atoms with van der Waals surface area (Å²) in [6, 6.07) is 11.7. The van der Waals surface area contributed by atoms with Crippen molar-refractivity contribution >= 4 is 33.6 Å². The maximum Gasteiger partial charge on any atom is 0.317 e. The number of urea groups is 1. The average Bonchev–Trinajstić information content (AvgIpc) is 2.74. The molecule has 2 aliphatic rings. The highest BCUT2D eigenvalue weighted by Gasteiger charge is 2.25. The zero-order valence-corrected chi connectivity index (χ0v) is 18.2. The van der Waals surface area contributed by atoms with Gasteiger partial charge in [0.1, 0.15) is 19.3 Å². The first-order valence-electron chi connectivity index (χ1n) is 9.58. The maximum atomic E-state index is 12.6. The largest absolute Gasteiger partial charge is 0.486 e. The standard InChI is InChI=1S/C21H22BrClN2O4/c22-16-3-1-2-15(12-16)19-13-25(6-7-27-19)21(26)24-5-4-14-10-17(23)20-18(11-14)28-8-9-29-20/h1-3,10-12,19H,4-9,13H2,(H,24,26). The Morgan fingerprint density at radius 3 is 2.93 bits per heavy atom. The molecule has 1 fully saturated rings. The molecule has 6 nitrogen and oxygen atoms in total. The van der Waals surface area contributed by atoms with Gasteiger partial charge in [0.2, 0.25) is 0 Å². The number of rotatable bonds is 4. The molecule has 4 rings (SSSR count). The van der Waals surface area contributed by atoms with Crippen LogP contribution in [-0.2, 0) is 11.2 Å². The number of benzene rings is 2. The molecule has 0 bridgehead atoms. The molecule has 8 heteroatoms. The van der Waals surface area contributed by atoms with Crippen LogP contribution >= 0.6 is 27.5 Å². The highest BCUT2D eigenvalue weighted by atomic mass is 79.9. The van der Waals surface area contributed by atoms with E-state index in [-0.39, 0.29) is 12.1 Å². The number of halogens is 2. The summed E-state index contributed by atoms with van der Waals surface area (Å²) in [4.78, 5) is 14.4. The smallest absolute Gasteiger partial charge is 0.317 e. The van der Waals surface area contributed by atoms with E-state index in [0.29, 0.717) is 62.4 Å². The second-order valence-electron chi connectivity index (χ2n) is 6.94. The van der Waals surface area contributed by atoms with Gasteiger partial charge in [-0.15, -0.1) is 0 Å². The minimum Gasteiger partial charge on any atom is -0.486 e. The molecule has 2 heterocycles. The van der Waals surface area contributed by atoms with E-state index in [1.807, 2.05) is 36.4 Å². The monoisotopic (exact) mass is 480 g/mol. The Morgan fingerprint density at radius 1 is 1.21 bits per heavy atom. The number of amides is 2. The quantitative estimate of drug-likeness (QED) is 0.711. The molecule has 0 aromatic heterocycles. The minimum atomic E-state index is -0.122. The lowest BCUT2D eigenvalue weighted by atomic mass is 10.1. The van der Waals surface area contributed by atoms with Crippen LogP contribution in [-0.4, -0.2) is 50.4 Å². The number of ether oxygens (including phenoxy) is 3. The van der Waals surface area contributed by atoms with Crippen LogP contribution < -0.4 is 14.8 Å². The Labute approximate surface area is 183 Å². The summed E-state index contributed by atoms with van der Waals surface area (Å²) in [6.45, 7) is 3.14. The highest BCUT2D eigenvalue weighted by Crippen LogP contribution is 2.38. The summed E-state index contributed by atoms with van der Waals surface area (Å²) in [5.74, 6) is 1.26. The van der Waals surface area contributed by atoms with Crippen LogP contribution in [0, 0.1) is 0 Å². The van der Waals surface area contributed by atoms with Crippen molar-refractivity contribution in [2.45, 2.75) is 12.5 Å². The van der Waals surface area contributed by atoms with Gasteiger partial charge in [-0.25, -0.2) is 4.79 Å². The van der Waals surface area contributed by atoms with Gasteiger partial charge < -0.3 is 24.4 Å². The van der Waals surface area contributed by atoms with Crippen LogP contribution in [0.1, 0.15) is 17.2 Å². The number of carbonyl (C=O) groups excluding carboxylic acids is 1. The van der Waals surface area contributed by atoms with Gasteiger partial charge in [0.05, 0.1) is 18.2 Å². The third kappa shape index (κ3) is 4.97. The molecule has 0 saturated carbocycles. The summed E-state index contributed by atoms with van der Waals surface area (Å²) < 4.78 is 18.0. The van der Waals surface area contributed by atoms with Crippen LogP contribution in [0.25, 0.3) is 0 Å². The van der Waals surface area contributed by atoms with E-state index in [2.05, 4.69) is 21.2 Å². The number of fused-ring (bicyclic) bond motifs is 1. The molecule has 2 amide bonds. The number of hydrogen-bond acceptors (Lipinski definition) is 4. The van der Waals surface area contributed by atoms with Crippen molar-refractivity contribution < 1.29 is 19.0 Å². The highest BCUT2D eigenvalue weighted by molar-refractivity contribution is 9.10. The second-order valence-corrected chi connectivity index (χ2v) is 8.27. The number of morpholine rings is 1. The van der Waals surface area contributed by atoms with E-state index in [1.54, 1.807) is 4.90 Å². The molecule has 1 N–H and O–H groups in total. The lowest BCUT2D eigenvalue weighted by Gasteiger charge is -2.33. The van der Waals surface area contributed by atoms with Gasteiger partial charge in [-0.1, -0.05) is 39.7 Å². The lowest BCUT2D eigenvalue weighted by molar-refractivity contribution is -0.0154. The Balaban J connectivity index is 1.31. The molecule has 1 unspecified atom stereocenters. The van der Waals surface area contributed by atoms with E-state index < -0.39 is 0 Å². The number of hydrogen-bond donors (Lipinski definition) is 1. The number of nitrogens with zero attached hydrogens (tertiary/aromatic N) is 1. The fraction of sp³-hybridized carbons (Fsp3) is 0.381. The Kier molecular flexibility index (Phi) is 6.47. The molecule has 1 saturated heterocycles. The summed E-state index contributed by atoms with van der Waals surface area (Å²) >= 11 is 9.76. The third-order valence-corrected chi connectivity index (χ3v) is 5.69. The minimum absolute atomic E-state index is 0.0862. The number of carbonyl (C=O) groups is 1. The average molecular weight is 482 g/mol. The zero-order chi connectivity index (χ0) is 20.2. The van der Waals surface area contributed by atoms with E-state index in [9.17, 15) is 4.79 Å². The van der Waals surface area contributed by atoms with Crippen molar-refractivity contribution in [1.29, 1.82) is 0 Å². The first kappa shape index (κ1) is 20.3. The van der Waals surface area contributed by atoms with Crippen LogP contribution in [0.4, 0.5) is 4.79 Å². The van der Waals surface area contributed by atoms with Gasteiger partial charge in [0.25, 0.3) is 0 Å². The molecule has 1 atom stereocenters. The SMILES string of the molecule is O=C(NCCc1cc(Cl)c2c(c1)OCCO2)N1CCOC(c2cccc(Br)c2)C1. The van der Waals surface area contributed by atoms with Crippen molar-refractivity contribution in [2.75, 3.05) is 39.5 Å². The molecule has 2 aliphatic heterocycles. The van der Waals surface area contributed by atoms with Crippen molar-refractivity contribution in [3.8, 4) is 11.5 Å². The predicted octanol–water partition coefficient (Wildman–Crippen LogP) is 4.20. The molecule has 29 heavy (non-hydrogen) atoms. The molecule has 154 valence electrons. The molecule has 0 radical (unpaired) electrons. The third-order valence-electron chi connectivity index (χ3n) is 4.92. The summed E-state index contributed by atoms with van der Waals surface area (Å²) in [7, 11) is 0. The van der Waals surface area contributed by atoms with Crippen molar-refractivity contribution in [2.24, 2.45) is 0 Å². The normalized spacial score (nSPS) is 18.4. The Bertz CT molecular complexity index is 895. The number of nitrogens with one attached hydrogen (secondary N) is 1. The van der Waals surface area contributed by atoms with E-state index in [1.165, 1.54) is 0 Å². The molecule has 0 spiro atoms. The van der Waals surface area contributed by atoms with Gasteiger partial charge in [0.15, 0.2) is 11.5 Å². The van der Waals surface area contributed by atoms with E-state index >= 15 is 0 Å². The first-order chi connectivity index (χ1) is 14.1. The van der Waals surface area contributed by atoms with Crippen molar-refractivity contribution in [3.63, 3.8) is 0 Å². The van der Waals surface area contributed by atoms with Crippen LogP contribution in [0.2, 0.25) is 5.02 Å². The zero-order valence-electron chi connectivity index (χ0n) is 15.8. The van der Waals surface area contributed by atoms with Gasteiger partial charge in [-0.3, -0.25) is 0 Å². The predicted molar refractivity (Wildman–Crippen MR) is 114 cm³/mol. The summed E-state index contributed by atoms with van der Waals surface area (Å²) in [5, 5.41) is 3.53. The maximum absolute atomic E-state index is 12.6. The van der Waals surface area contributed by atoms with Crippen LogP contribution in [0.3, 0.4) is 0 Å². The lowest BCUT2D eigenvalue weighted by Crippen LogP contribution is -2.47. The van der Waals surface area contributed by atoms with Crippen molar-refractivity contribution in [1.82, 2.24) is 10.2 Å². The Morgan fingerprint density at radius 2 is 2.07 bits per heavy atom. The molecular formula is C21H22BrClN2O4. The first-order valence-corrected chi connectivity index (χ1v) is 10.7. The topological polar surface area (TPSA) is 60.0 Å². The van der Waals surface area contributed by atoms with Gasteiger partial charge in [-0.2, -0.15) is 0 Å². The summed E-state index contributed by atoms with van der Waals surface area (Å²) in [6.07, 6.45) is 0.533. The Hall–Kier alpha value is -1.96. The summed E-state index contributed by atoms with van der Waals surface area (Å²) in [5.41, 5.74) is 2.05. The van der Waals surface area contributed by atoms with Gasteiger partial charge in [-0.05, 0) is 41.8 Å². The molecule has 2 aromatic rings. The molecular weight excluding hydrogens is 460 g/mol. The molecule has 0 aliphatic carbocycles. The van der Waals surface area contributed by atoms with E-state index in [4.69, 9.17) is 25.8 Å². The van der Waals surface area contributed by atoms with E-state index in [0.717, 1.165) is 15.6 Å². The fourth-order valence-electron chi connectivity index (χ4n) is 3.48. The van der Waals surface area contributed by atoms with Gasteiger partial charge >= 0.3 is 6.03 Å². The van der Waals surface area contributed by atoms with Crippen LogP contribution in [0.5, 0.6) is 11.5 Å².